The quantitative estimate of drug-likeness (QED) is 0.425. The number of amides is 4. The number of rotatable bonds is 7. The lowest BCUT2D eigenvalue weighted by Crippen LogP contribution is -2.57. The highest BCUT2D eigenvalue weighted by Gasteiger charge is 2.53. The molecule has 0 radical (unpaired) electrons. The Balaban J connectivity index is 1.67. The van der Waals surface area contributed by atoms with Gasteiger partial charge in [-0.2, -0.15) is 0 Å². The van der Waals surface area contributed by atoms with Gasteiger partial charge in [-0.25, -0.2) is 4.79 Å². The molecule has 0 aliphatic carbocycles. The summed E-state index contributed by atoms with van der Waals surface area (Å²) in [7, 11) is 3.32. The number of carbonyl (C=O) groups excluding carboxylic acids is 3. The number of benzene rings is 1. The Kier molecular flexibility index (Phi) is 5.70. The van der Waals surface area contributed by atoms with Crippen LogP contribution in [0.3, 0.4) is 0 Å². The standard InChI is InChI=1S/C22H25N5O5/c1-13-10-32-18(6-15(13)8-24-12-23-2)22(20(29)25-21(30)26-22)11-27-9-14-4-5-16(31-3)7-17(14)19(27)28/h4-8,23H,9-12H2,1-3H3,(H2,25,26,29,30)/b24-8-/t22-/m0/s1. The van der Waals surface area contributed by atoms with Crippen molar-refractivity contribution in [2.24, 2.45) is 4.99 Å². The second-order valence-electron chi connectivity index (χ2n) is 7.85. The van der Waals surface area contributed by atoms with E-state index in [1.54, 1.807) is 31.5 Å². The van der Waals surface area contributed by atoms with Crippen molar-refractivity contribution in [3.8, 4) is 5.75 Å². The van der Waals surface area contributed by atoms with E-state index in [0.29, 0.717) is 24.5 Å². The molecule has 3 aliphatic rings. The van der Waals surface area contributed by atoms with Crippen LogP contribution >= 0.6 is 0 Å². The molecule has 10 heteroatoms. The number of imide groups is 1. The summed E-state index contributed by atoms with van der Waals surface area (Å²) in [5.41, 5.74) is 1.52. The van der Waals surface area contributed by atoms with E-state index in [1.165, 1.54) is 12.0 Å². The van der Waals surface area contributed by atoms with E-state index >= 15 is 0 Å². The first-order valence-corrected chi connectivity index (χ1v) is 10.2. The first-order chi connectivity index (χ1) is 15.4. The number of methoxy groups -OCH3 is 1. The molecular formula is C22H25N5O5. The van der Waals surface area contributed by atoms with Crippen LogP contribution < -0.4 is 20.7 Å². The number of nitrogens with zero attached hydrogens (tertiary/aromatic N) is 2. The Morgan fingerprint density at radius 3 is 2.84 bits per heavy atom. The monoisotopic (exact) mass is 439 g/mol. The minimum absolute atomic E-state index is 0.0772. The third kappa shape index (κ3) is 3.73. The van der Waals surface area contributed by atoms with E-state index in [9.17, 15) is 14.4 Å². The second-order valence-corrected chi connectivity index (χ2v) is 7.85. The average molecular weight is 439 g/mol. The lowest BCUT2D eigenvalue weighted by Gasteiger charge is -2.34. The summed E-state index contributed by atoms with van der Waals surface area (Å²) in [6.07, 6.45) is 3.39. The van der Waals surface area contributed by atoms with Crippen molar-refractivity contribution in [1.82, 2.24) is 20.9 Å². The van der Waals surface area contributed by atoms with Crippen molar-refractivity contribution in [2.75, 3.05) is 34.0 Å². The van der Waals surface area contributed by atoms with Gasteiger partial charge in [-0.15, -0.1) is 0 Å². The van der Waals surface area contributed by atoms with E-state index in [-0.39, 0.29) is 24.8 Å². The van der Waals surface area contributed by atoms with Crippen LogP contribution in [0.2, 0.25) is 0 Å². The maximum absolute atomic E-state index is 13.1. The van der Waals surface area contributed by atoms with Crippen molar-refractivity contribution >= 4 is 24.1 Å². The summed E-state index contributed by atoms with van der Waals surface area (Å²) in [5.74, 6) is 0.0241. The van der Waals surface area contributed by atoms with Gasteiger partial charge in [0.15, 0.2) is 5.54 Å². The van der Waals surface area contributed by atoms with E-state index in [4.69, 9.17) is 9.47 Å². The zero-order chi connectivity index (χ0) is 22.9. The molecule has 1 atom stereocenters. The van der Waals surface area contributed by atoms with Crippen LogP contribution in [-0.2, 0) is 16.1 Å². The van der Waals surface area contributed by atoms with Gasteiger partial charge in [0.2, 0.25) is 0 Å². The number of aliphatic imine (C=N–C) groups is 1. The minimum atomic E-state index is -1.54. The number of hydrogen-bond acceptors (Lipinski definition) is 7. The van der Waals surface area contributed by atoms with Crippen molar-refractivity contribution in [3.05, 3.63) is 52.3 Å². The van der Waals surface area contributed by atoms with Gasteiger partial charge in [-0.1, -0.05) is 6.07 Å². The van der Waals surface area contributed by atoms with Crippen LogP contribution in [0.4, 0.5) is 4.79 Å². The summed E-state index contributed by atoms with van der Waals surface area (Å²) in [6, 6.07) is 4.65. The van der Waals surface area contributed by atoms with Gasteiger partial charge < -0.3 is 25.0 Å². The highest BCUT2D eigenvalue weighted by molar-refractivity contribution is 6.10. The molecule has 3 aliphatic heterocycles. The third-order valence-corrected chi connectivity index (χ3v) is 5.69. The Morgan fingerprint density at radius 1 is 1.34 bits per heavy atom. The molecule has 3 heterocycles. The Hall–Kier alpha value is -3.66. The first-order valence-electron chi connectivity index (χ1n) is 10.2. The van der Waals surface area contributed by atoms with Crippen molar-refractivity contribution in [1.29, 1.82) is 0 Å². The van der Waals surface area contributed by atoms with Crippen molar-refractivity contribution < 1.29 is 23.9 Å². The van der Waals surface area contributed by atoms with Gasteiger partial charge in [-0.3, -0.25) is 19.9 Å². The van der Waals surface area contributed by atoms with Gasteiger partial charge in [-0.05, 0) is 48.9 Å². The van der Waals surface area contributed by atoms with Crippen LogP contribution in [0.15, 0.2) is 46.2 Å². The topological polar surface area (TPSA) is 121 Å². The number of nitrogens with one attached hydrogen (secondary N) is 3. The van der Waals surface area contributed by atoms with Crippen LogP contribution in [0.5, 0.6) is 5.75 Å². The number of ether oxygens (including phenoxy) is 2. The molecule has 32 heavy (non-hydrogen) atoms. The molecular weight excluding hydrogens is 414 g/mol. The summed E-state index contributed by atoms with van der Waals surface area (Å²) in [4.78, 5) is 44.0. The van der Waals surface area contributed by atoms with E-state index in [0.717, 1.165) is 16.7 Å². The largest absolute Gasteiger partial charge is 0.497 e. The summed E-state index contributed by atoms with van der Waals surface area (Å²) >= 11 is 0. The van der Waals surface area contributed by atoms with E-state index in [1.807, 2.05) is 13.0 Å². The molecule has 4 amide bonds. The summed E-state index contributed by atoms with van der Waals surface area (Å²) < 4.78 is 11.1. The smallest absolute Gasteiger partial charge is 0.322 e. The van der Waals surface area contributed by atoms with Gasteiger partial charge in [0.25, 0.3) is 11.8 Å². The molecule has 1 aromatic carbocycles. The Morgan fingerprint density at radius 2 is 2.16 bits per heavy atom. The zero-order valence-electron chi connectivity index (χ0n) is 18.2. The molecule has 0 bridgehead atoms. The molecule has 1 aromatic rings. The summed E-state index contributed by atoms with van der Waals surface area (Å²) in [5, 5.41) is 7.91. The van der Waals surface area contributed by atoms with Crippen LogP contribution in [0.25, 0.3) is 0 Å². The summed E-state index contributed by atoms with van der Waals surface area (Å²) in [6.45, 7) is 2.81. The minimum Gasteiger partial charge on any atom is -0.497 e. The zero-order valence-corrected chi connectivity index (χ0v) is 18.2. The Labute approximate surface area is 185 Å². The van der Waals surface area contributed by atoms with Gasteiger partial charge in [0.05, 0.1) is 20.3 Å². The molecule has 168 valence electrons. The lowest BCUT2D eigenvalue weighted by atomic mass is 9.92. The van der Waals surface area contributed by atoms with Gasteiger partial charge >= 0.3 is 6.03 Å². The molecule has 4 rings (SSSR count). The maximum Gasteiger partial charge on any atom is 0.322 e. The highest BCUT2D eigenvalue weighted by atomic mass is 16.5. The number of hydrogen-bond donors (Lipinski definition) is 3. The number of fused-ring (bicyclic) bond motifs is 1. The molecule has 0 saturated carbocycles. The average Bonchev–Trinajstić information content (AvgIpc) is 3.24. The van der Waals surface area contributed by atoms with Crippen LogP contribution in [-0.4, -0.2) is 68.5 Å². The van der Waals surface area contributed by atoms with E-state index in [2.05, 4.69) is 20.9 Å². The number of allylic oxidation sites excluding steroid dienone is 2. The number of urea groups is 1. The molecule has 0 aromatic heterocycles. The SMILES string of the molecule is CNC/N=C\C1=C(C)COC([C@]2(CN3Cc4ccc(OC)cc4C3=O)NC(=O)NC2=O)=C1. The molecule has 3 N–H and O–H groups in total. The predicted octanol–water partition coefficient (Wildman–Crippen LogP) is 0.707. The maximum atomic E-state index is 13.1. The third-order valence-electron chi connectivity index (χ3n) is 5.69. The van der Waals surface area contributed by atoms with E-state index < -0.39 is 17.5 Å². The number of carbonyl (C=O) groups is 3. The fraction of sp³-hybridized carbons (Fsp3) is 0.364. The molecule has 0 unspecified atom stereocenters. The molecule has 1 fully saturated rings. The van der Waals surface area contributed by atoms with Crippen molar-refractivity contribution in [2.45, 2.75) is 19.0 Å². The second kappa shape index (κ2) is 8.46. The highest BCUT2D eigenvalue weighted by Crippen LogP contribution is 2.33. The molecule has 10 nitrogen and oxygen atoms in total. The first kappa shape index (κ1) is 21.6. The van der Waals surface area contributed by atoms with Gasteiger partial charge in [0, 0.05) is 18.3 Å². The van der Waals surface area contributed by atoms with Crippen molar-refractivity contribution in [3.63, 3.8) is 0 Å². The lowest BCUT2D eigenvalue weighted by molar-refractivity contribution is -0.124. The van der Waals surface area contributed by atoms with Crippen LogP contribution in [0, 0.1) is 0 Å². The fourth-order valence-corrected chi connectivity index (χ4v) is 3.94. The normalized spacial score (nSPS) is 22.7. The Bertz CT molecular complexity index is 1080. The fourth-order valence-electron chi connectivity index (χ4n) is 3.94. The van der Waals surface area contributed by atoms with Crippen LogP contribution in [0.1, 0.15) is 22.8 Å². The van der Waals surface area contributed by atoms with Gasteiger partial charge in [0.1, 0.15) is 18.1 Å². The predicted molar refractivity (Wildman–Crippen MR) is 116 cm³/mol. The molecule has 1 saturated heterocycles. The molecule has 0 spiro atoms.